The van der Waals surface area contributed by atoms with Crippen molar-refractivity contribution in [2.45, 2.75) is 51.5 Å². The van der Waals surface area contributed by atoms with Crippen molar-refractivity contribution in [1.29, 1.82) is 0 Å². The fraction of sp³-hybridized carbons (Fsp3) is 0.625. The molecule has 1 saturated carbocycles. The van der Waals surface area contributed by atoms with E-state index in [0.29, 0.717) is 11.8 Å². The number of hydrogen-bond donors (Lipinski definition) is 1. The van der Waals surface area contributed by atoms with E-state index in [-0.39, 0.29) is 0 Å². The van der Waals surface area contributed by atoms with E-state index in [1.54, 1.807) is 0 Å². The normalized spacial score (nSPS) is 18.6. The van der Waals surface area contributed by atoms with Crippen LogP contribution in [0, 0.1) is 5.92 Å². The Bertz CT molecular complexity index is 373. The maximum Gasteiger partial charge on any atom is 0.0408 e. The van der Waals surface area contributed by atoms with Gasteiger partial charge in [0, 0.05) is 17.6 Å². The molecule has 0 amide bonds. The molecular formula is C16H24ClN. The quantitative estimate of drug-likeness (QED) is 0.759. The van der Waals surface area contributed by atoms with Gasteiger partial charge in [0.25, 0.3) is 0 Å². The van der Waals surface area contributed by atoms with Gasteiger partial charge in [0.2, 0.25) is 0 Å². The highest BCUT2D eigenvalue weighted by atomic mass is 35.5. The van der Waals surface area contributed by atoms with Crippen molar-refractivity contribution in [2.24, 2.45) is 5.92 Å². The van der Waals surface area contributed by atoms with Gasteiger partial charge >= 0.3 is 0 Å². The molecule has 1 N–H and O–H groups in total. The van der Waals surface area contributed by atoms with Gasteiger partial charge in [0.05, 0.1) is 0 Å². The summed E-state index contributed by atoms with van der Waals surface area (Å²) in [4.78, 5) is 0. The average molecular weight is 266 g/mol. The number of hydrogen-bond acceptors (Lipinski definition) is 1. The Morgan fingerprint density at radius 3 is 2.78 bits per heavy atom. The van der Waals surface area contributed by atoms with Gasteiger partial charge in [-0.15, -0.1) is 0 Å². The summed E-state index contributed by atoms with van der Waals surface area (Å²) in [7, 11) is 0. The first kappa shape index (κ1) is 13.9. The predicted octanol–water partition coefficient (Wildman–Crippen LogP) is 4.61. The molecule has 1 aliphatic carbocycles. The Morgan fingerprint density at radius 1 is 1.39 bits per heavy atom. The fourth-order valence-electron chi connectivity index (χ4n) is 2.62. The van der Waals surface area contributed by atoms with Crippen molar-refractivity contribution in [2.75, 3.05) is 6.54 Å². The zero-order valence-electron chi connectivity index (χ0n) is 11.5. The second-order valence-electron chi connectivity index (χ2n) is 5.61. The van der Waals surface area contributed by atoms with Gasteiger partial charge < -0.3 is 5.32 Å². The molecule has 100 valence electrons. The van der Waals surface area contributed by atoms with Crippen LogP contribution in [-0.4, -0.2) is 12.6 Å². The van der Waals surface area contributed by atoms with Crippen LogP contribution in [0.15, 0.2) is 24.3 Å². The molecule has 1 fully saturated rings. The molecule has 1 aromatic rings. The molecule has 2 heteroatoms. The van der Waals surface area contributed by atoms with Crippen LogP contribution in [0.4, 0.5) is 0 Å². The Kier molecular flexibility index (Phi) is 5.08. The highest BCUT2D eigenvalue weighted by Gasteiger charge is 2.24. The molecule has 1 nitrogen and oxygen atoms in total. The van der Waals surface area contributed by atoms with Crippen LogP contribution in [0.2, 0.25) is 5.02 Å². The van der Waals surface area contributed by atoms with Crippen molar-refractivity contribution < 1.29 is 0 Å². The number of benzene rings is 1. The largest absolute Gasteiger partial charge is 0.313 e. The molecule has 18 heavy (non-hydrogen) atoms. The summed E-state index contributed by atoms with van der Waals surface area (Å²) in [5.41, 5.74) is 1.39. The van der Waals surface area contributed by atoms with Crippen LogP contribution in [-0.2, 0) is 0 Å². The molecule has 1 aromatic carbocycles. The first-order valence-corrected chi connectivity index (χ1v) is 7.57. The van der Waals surface area contributed by atoms with Gasteiger partial charge in [0.1, 0.15) is 0 Å². The first-order valence-electron chi connectivity index (χ1n) is 7.19. The number of rotatable bonds is 7. The molecule has 0 heterocycles. The molecule has 0 spiro atoms. The van der Waals surface area contributed by atoms with Gasteiger partial charge in [-0.05, 0) is 42.4 Å². The molecule has 0 radical (unpaired) electrons. The van der Waals surface area contributed by atoms with Crippen molar-refractivity contribution in [1.82, 2.24) is 5.32 Å². The lowest BCUT2D eigenvalue weighted by Gasteiger charge is -2.25. The van der Waals surface area contributed by atoms with Crippen molar-refractivity contribution >= 4 is 11.6 Å². The highest BCUT2D eigenvalue weighted by Crippen LogP contribution is 2.30. The zero-order valence-corrected chi connectivity index (χ0v) is 12.2. The van der Waals surface area contributed by atoms with Crippen LogP contribution >= 0.6 is 11.6 Å². The Balaban J connectivity index is 2.06. The van der Waals surface area contributed by atoms with Crippen LogP contribution in [0.5, 0.6) is 0 Å². The van der Waals surface area contributed by atoms with E-state index < -0.39 is 0 Å². The van der Waals surface area contributed by atoms with Crippen molar-refractivity contribution in [3.63, 3.8) is 0 Å². The smallest absolute Gasteiger partial charge is 0.0408 e. The van der Waals surface area contributed by atoms with Crippen molar-refractivity contribution in [3.8, 4) is 0 Å². The van der Waals surface area contributed by atoms with E-state index in [4.69, 9.17) is 11.6 Å². The summed E-state index contributed by atoms with van der Waals surface area (Å²) in [5.74, 6) is 1.30. The fourth-order valence-corrected chi connectivity index (χ4v) is 2.82. The van der Waals surface area contributed by atoms with Gasteiger partial charge in [-0.1, -0.05) is 50.4 Å². The summed E-state index contributed by atoms with van der Waals surface area (Å²) < 4.78 is 0. The van der Waals surface area contributed by atoms with E-state index in [1.165, 1.54) is 31.2 Å². The molecule has 0 aliphatic heterocycles. The SMILES string of the molecule is CCCC(C)C(CNC1CC1)c1cccc(Cl)c1. The van der Waals surface area contributed by atoms with Gasteiger partial charge in [-0.3, -0.25) is 0 Å². The van der Waals surface area contributed by atoms with E-state index in [1.807, 2.05) is 6.07 Å². The maximum absolute atomic E-state index is 6.13. The lowest BCUT2D eigenvalue weighted by molar-refractivity contribution is 0.403. The summed E-state index contributed by atoms with van der Waals surface area (Å²) >= 11 is 6.13. The third-order valence-corrected chi connectivity index (χ3v) is 4.15. The minimum atomic E-state index is 0.587. The topological polar surface area (TPSA) is 12.0 Å². The third kappa shape index (κ3) is 4.00. The minimum Gasteiger partial charge on any atom is -0.313 e. The molecule has 1 aliphatic rings. The standard InChI is InChI=1S/C16H24ClN/c1-3-5-12(2)16(11-18-15-8-9-15)13-6-4-7-14(17)10-13/h4,6-7,10,12,15-16,18H,3,5,8-9,11H2,1-2H3. The Morgan fingerprint density at radius 2 is 2.17 bits per heavy atom. The van der Waals surface area contributed by atoms with Crippen molar-refractivity contribution in [3.05, 3.63) is 34.9 Å². The lowest BCUT2D eigenvalue weighted by atomic mass is 9.84. The van der Waals surface area contributed by atoms with E-state index in [9.17, 15) is 0 Å². The maximum atomic E-state index is 6.13. The summed E-state index contributed by atoms with van der Waals surface area (Å²) in [5, 5.41) is 4.53. The molecule has 2 atom stereocenters. The van der Waals surface area contributed by atoms with Gasteiger partial charge in [-0.25, -0.2) is 0 Å². The Hall–Kier alpha value is -0.530. The highest BCUT2D eigenvalue weighted by molar-refractivity contribution is 6.30. The van der Waals surface area contributed by atoms with E-state index in [0.717, 1.165) is 17.6 Å². The van der Waals surface area contributed by atoms with Crippen LogP contribution < -0.4 is 5.32 Å². The lowest BCUT2D eigenvalue weighted by Crippen LogP contribution is -2.27. The zero-order chi connectivity index (χ0) is 13.0. The van der Waals surface area contributed by atoms with Crippen LogP contribution in [0.25, 0.3) is 0 Å². The summed E-state index contributed by atoms with van der Waals surface area (Å²) in [6.45, 7) is 5.72. The summed E-state index contributed by atoms with van der Waals surface area (Å²) in [6, 6.07) is 9.16. The second kappa shape index (κ2) is 6.58. The molecular weight excluding hydrogens is 242 g/mol. The second-order valence-corrected chi connectivity index (χ2v) is 6.05. The number of nitrogens with one attached hydrogen (secondary N) is 1. The molecule has 0 saturated heterocycles. The molecule has 0 aromatic heterocycles. The van der Waals surface area contributed by atoms with E-state index in [2.05, 4.69) is 37.4 Å². The minimum absolute atomic E-state index is 0.587. The third-order valence-electron chi connectivity index (χ3n) is 3.91. The molecule has 0 bridgehead atoms. The van der Waals surface area contributed by atoms with E-state index >= 15 is 0 Å². The molecule has 2 rings (SSSR count). The first-order chi connectivity index (χ1) is 8.70. The summed E-state index contributed by atoms with van der Waals surface area (Å²) in [6.07, 6.45) is 5.24. The predicted molar refractivity (Wildman–Crippen MR) is 79.3 cm³/mol. The van der Waals surface area contributed by atoms with Crippen LogP contribution in [0.1, 0.15) is 51.0 Å². The monoisotopic (exact) mass is 265 g/mol. The van der Waals surface area contributed by atoms with Crippen LogP contribution in [0.3, 0.4) is 0 Å². The van der Waals surface area contributed by atoms with Gasteiger partial charge in [0.15, 0.2) is 0 Å². The molecule has 2 unspecified atom stereocenters. The van der Waals surface area contributed by atoms with Gasteiger partial charge in [-0.2, -0.15) is 0 Å². The average Bonchev–Trinajstić information content (AvgIpc) is 3.14. The Labute approximate surface area is 116 Å². The number of halogens is 1.